The molecule has 6 aromatic carbocycles. The summed E-state index contributed by atoms with van der Waals surface area (Å²) in [6.45, 7) is 0. The molecular weight excluding hydrogens is 799 g/mol. The van der Waals surface area contributed by atoms with Crippen LogP contribution < -0.4 is 9.64 Å². The zero-order valence-electron chi connectivity index (χ0n) is 35.3. The third-order valence-electron chi connectivity index (χ3n) is 15.1. The molecule has 0 radical (unpaired) electrons. The van der Waals surface area contributed by atoms with Gasteiger partial charge in [-0.2, -0.15) is 0 Å². The van der Waals surface area contributed by atoms with Gasteiger partial charge in [-0.05, 0) is 118 Å². The number of fused-ring (bicyclic) bond motifs is 13. The molecule has 8 aromatic rings. The second kappa shape index (κ2) is 14.3. The zero-order valence-corrected chi connectivity index (χ0v) is 36.1. The van der Waals surface area contributed by atoms with E-state index in [0.29, 0.717) is 23.7 Å². The van der Waals surface area contributed by atoms with Gasteiger partial charge in [0.05, 0.1) is 6.04 Å². The van der Waals surface area contributed by atoms with Crippen molar-refractivity contribution in [1.29, 1.82) is 0 Å². The molecule has 2 aliphatic heterocycles. The Labute approximate surface area is 377 Å². The van der Waals surface area contributed by atoms with Crippen molar-refractivity contribution in [1.82, 2.24) is 0 Å². The first-order valence-corrected chi connectivity index (χ1v) is 23.8. The van der Waals surface area contributed by atoms with Gasteiger partial charge in [-0.15, -0.1) is 11.3 Å². The third-order valence-corrected chi connectivity index (χ3v) is 16.4. The van der Waals surface area contributed by atoms with E-state index in [1.807, 2.05) is 11.3 Å². The van der Waals surface area contributed by atoms with Crippen molar-refractivity contribution in [3.05, 3.63) is 237 Å². The lowest BCUT2D eigenvalue weighted by Crippen LogP contribution is -2.31. The number of rotatable bonds is 5. The minimum atomic E-state index is 0.0425. The van der Waals surface area contributed by atoms with Crippen LogP contribution in [0.2, 0.25) is 0 Å². The summed E-state index contributed by atoms with van der Waals surface area (Å²) in [5.41, 5.74) is 15.9. The van der Waals surface area contributed by atoms with E-state index in [2.05, 4.69) is 199 Å². The van der Waals surface area contributed by atoms with E-state index < -0.39 is 0 Å². The molecule has 7 unspecified atom stereocenters. The van der Waals surface area contributed by atoms with Crippen molar-refractivity contribution in [2.24, 2.45) is 0 Å². The van der Waals surface area contributed by atoms with E-state index in [1.54, 1.807) is 0 Å². The topological polar surface area (TPSA) is 25.6 Å². The van der Waals surface area contributed by atoms with Crippen LogP contribution >= 0.6 is 11.3 Å². The van der Waals surface area contributed by atoms with Gasteiger partial charge in [0.25, 0.3) is 0 Å². The summed E-state index contributed by atoms with van der Waals surface area (Å²) in [6, 6.07) is 51.7. The van der Waals surface area contributed by atoms with Crippen LogP contribution in [0.5, 0.6) is 5.75 Å². The highest BCUT2D eigenvalue weighted by molar-refractivity contribution is 7.20. The van der Waals surface area contributed by atoms with E-state index >= 15 is 0 Å². The number of thiophene rings is 1. The first kappa shape index (κ1) is 36.6. The molecule has 4 aliphatic carbocycles. The van der Waals surface area contributed by atoms with Gasteiger partial charge < -0.3 is 14.1 Å². The SMILES string of the molecule is C1=CC2Oc3ccc(C4C=CC5C(C4)c4c(ccc6c7c(sc46)C=CC(c4ccc6oc8c(c6c4)CC(c4ccccc4)C=C8)C7)N5c4ccccc4)cc3C2C=C1c1ccccc1. The molecule has 14 rings (SSSR count). The maximum Gasteiger partial charge on any atom is 0.135 e. The van der Waals surface area contributed by atoms with E-state index in [0.717, 1.165) is 36.4 Å². The molecule has 6 aliphatic rings. The van der Waals surface area contributed by atoms with Crippen LogP contribution in [-0.4, -0.2) is 12.1 Å². The maximum absolute atomic E-state index is 6.53. The minimum absolute atomic E-state index is 0.0425. The van der Waals surface area contributed by atoms with Crippen molar-refractivity contribution < 1.29 is 9.15 Å². The fourth-order valence-electron chi connectivity index (χ4n) is 12.0. The summed E-state index contributed by atoms with van der Waals surface area (Å²) in [7, 11) is 0. The number of ether oxygens (including phenoxy) is 1. The molecule has 308 valence electrons. The fourth-order valence-corrected chi connectivity index (χ4v) is 13.3. The molecule has 2 aromatic heterocycles. The Morgan fingerprint density at radius 3 is 2.23 bits per heavy atom. The van der Waals surface area contributed by atoms with Crippen LogP contribution in [-0.2, 0) is 12.8 Å². The molecule has 0 saturated carbocycles. The fraction of sp³-hybridized carbons (Fsp3) is 0.167. The highest BCUT2D eigenvalue weighted by Crippen LogP contribution is 2.57. The Balaban J connectivity index is 0.802. The molecule has 4 heterocycles. The Morgan fingerprint density at radius 1 is 0.594 bits per heavy atom. The molecular formula is C60H45NO2S. The van der Waals surface area contributed by atoms with Crippen LogP contribution in [0.3, 0.4) is 0 Å². The van der Waals surface area contributed by atoms with Gasteiger partial charge >= 0.3 is 0 Å². The van der Waals surface area contributed by atoms with Crippen molar-refractivity contribution in [3.63, 3.8) is 0 Å². The summed E-state index contributed by atoms with van der Waals surface area (Å²) in [4.78, 5) is 4.03. The van der Waals surface area contributed by atoms with Crippen molar-refractivity contribution >= 4 is 61.5 Å². The number of furan rings is 1. The van der Waals surface area contributed by atoms with Crippen LogP contribution in [0, 0.1) is 0 Å². The lowest BCUT2D eigenvalue weighted by atomic mass is 9.77. The molecule has 7 atom stereocenters. The van der Waals surface area contributed by atoms with Crippen molar-refractivity contribution in [3.8, 4) is 5.75 Å². The van der Waals surface area contributed by atoms with Gasteiger partial charge in [-0.1, -0.05) is 140 Å². The molecule has 0 spiro atoms. The first-order chi connectivity index (χ1) is 31.7. The predicted molar refractivity (Wildman–Crippen MR) is 264 cm³/mol. The van der Waals surface area contributed by atoms with Gasteiger partial charge in [-0.25, -0.2) is 0 Å². The quantitative estimate of drug-likeness (QED) is 0.161. The number of hydrogen-bond acceptors (Lipinski definition) is 4. The smallest absolute Gasteiger partial charge is 0.135 e. The number of hydrogen-bond donors (Lipinski definition) is 0. The molecule has 0 saturated heterocycles. The summed E-state index contributed by atoms with van der Waals surface area (Å²) in [6.07, 6.45) is 24.4. The van der Waals surface area contributed by atoms with Gasteiger partial charge in [0.15, 0.2) is 0 Å². The zero-order chi connectivity index (χ0) is 41.9. The van der Waals surface area contributed by atoms with Gasteiger partial charge in [-0.3, -0.25) is 0 Å². The molecule has 0 bridgehead atoms. The van der Waals surface area contributed by atoms with Gasteiger partial charge in [0.2, 0.25) is 0 Å². The van der Waals surface area contributed by atoms with E-state index in [9.17, 15) is 0 Å². The number of nitrogens with zero attached hydrogens (tertiary/aromatic N) is 1. The van der Waals surface area contributed by atoms with E-state index in [1.165, 1.54) is 81.8 Å². The Bertz CT molecular complexity index is 3330. The first-order valence-electron chi connectivity index (χ1n) is 23.0. The third kappa shape index (κ3) is 5.71. The van der Waals surface area contributed by atoms with Crippen LogP contribution in [0.15, 0.2) is 186 Å². The largest absolute Gasteiger partial charge is 0.485 e. The Kier molecular flexibility index (Phi) is 8.19. The number of allylic oxidation sites excluding steroid dienone is 5. The van der Waals surface area contributed by atoms with Gasteiger partial charge in [0.1, 0.15) is 23.2 Å². The number of benzene rings is 6. The summed E-state index contributed by atoms with van der Waals surface area (Å²) in [5.74, 6) is 3.56. The lowest BCUT2D eigenvalue weighted by molar-refractivity contribution is 0.269. The summed E-state index contributed by atoms with van der Waals surface area (Å²) >= 11 is 2.01. The normalized spacial score (nSPS) is 24.5. The molecule has 0 amide bonds. The Morgan fingerprint density at radius 2 is 1.36 bits per heavy atom. The number of anilines is 2. The molecule has 0 fully saturated rings. The highest BCUT2D eigenvalue weighted by atomic mass is 32.1. The van der Waals surface area contributed by atoms with Crippen LogP contribution in [0.25, 0.3) is 38.8 Å². The number of para-hydroxylation sites is 1. The van der Waals surface area contributed by atoms with Crippen LogP contribution in [0.4, 0.5) is 11.4 Å². The standard InChI is InChI=1S/C60H45NO2S/c1-4-10-36(11-5-1)38-17-25-54-46(30-38)48-32-41(19-27-56(48)62-54)40-16-23-52-51(35-40)59-53(61(52)44-14-8-3-9-15-44)24-22-45-50-34-43(21-29-58(50)64-60(45)59)42-20-28-57-49(33-42)47-31-39(18-26-55(47)63-57)37-12-6-2-7-13-37/h1-30,32-33,39-40,43,46,51-52,54H,31,34-35H2. The second-order valence-electron chi connectivity index (χ2n) is 18.6. The average molecular weight is 844 g/mol. The highest BCUT2D eigenvalue weighted by Gasteiger charge is 2.43. The average Bonchev–Trinajstić information content (AvgIpc) is 4.12. The maximum atomic E-state index is 6.53. The van der Waals surface area contributed by atoms with Gasteiger partial charge in [0, 0.05) is 67.1 Å². The van der Waals surface area contributed by atoms with E-state index in [4.69, 9.17) is 9.15 Å². The monoisotopic (exact) mass is 843 g/mol. The molecule has 3 nitrogen and oxygen atoms in total. The molecule has 4 heteroatoms. The van der Waals surface area contributed by atoms with E-state index in [-0.39, 0.29) is 18.1 Å². The predicted octanol–water partition coefficient (Wildman–Crippen LogP) is 15.2. The lowest BCUT2D eigenvalue weighted by Gasteiger charge is -2.33. The molecule has 64 heavy (non-hydrogen) atoms. The van der Waals surface area contributed by atoms with Crippen molar-refractivity contribution in [2.75, 3.05) is 4.90 Å². The second-order valence-corrected chi connectivity index (χ2v) is 19.6. The minimum Gasteiger partial charge on any atom is -0.485 e. The Hall–Kier alpha value is -6.88. The summed E-state index contributed by atoms with van der Waals surface area (Å²) < 4.78 is 14.4. The molecule has 0 N–H and O–H groups in total. The van der Waals surface area contributed by atoms with Crippen LogP contribution in [0.1, 0.15) is 91.2 Å². The van der Waals surface area contributed by atoms with Crippen molar-refractivity contribution in [2.45, 2.75) is 61.0 Å². The summed E-state index contributed by atoms with van der Waals surface area (Å²) in [5, 5.41) is 2.69.